The first kappa shape index (κ1) is 17.3. The van der Waals surface area contributed by atoms with Crippen molar-refractivity contribution in [3.63, 3.8) is 0 Å². The summed E-state index contributed by atoms with van der Waals surface area (Å²) in [6.07, 6.45) is 2.13. The quantitative estimate of drug-likeness (QED) is 0.518. The molecule has 3 heterocycles. The van der Waals surface area contributed by atoms with Crippen molar-refractivity contribution in [3.8, 4) is 5.75 Å². The van der Waals surface area contributed by atoms with E-state index >= 15 is 0 Å². The van der Waals surface area contributed by atoms with Crippen molar-refractivity contribution >= 4 is 11.0 Å². The van der Waals surface area contributed by atoms with E-state index < -0.39 is 28.5 Å². The molecule has 1 saturated heterocycles. The van der Waals surface area contributed by atoms with E-state index in [2.05, 4.69) is 6.58 Å². The van der Waals surface area contributed by atoms with Gasteiger partial charge in [-0.05, 0) is 31.9 Å². The predicted molar refractivity (Wildman–Crippen MR) is 98.6 cm³/mol. The minimum Gasteiger partial charge on any atom is -0.458 e. The Morgan fingerprint density at radius 1 is 1.35 bits per heavy atom. The number of hydrogen-bond acceptors (Lipinski definition) is 5. The van der Waals surface area contributed by atoms with Crippen molar-refractivity contribution < 1.29 is 19.0 Å². The number of benzene rings is 1. The topological polar surface area (TPSA) is 72.2 Å². The summed E-state index contributed by atoms with van der Waals surface area (Å²) in [6.45, 7) is 11.6. The van der Waals surface area contributed by atoms with Gasteiger partial charge >= 0.3 is 5.63 Å². The highest BCUT2D eigenvalue weighted by molar-refractivity contribution is 5.88. The third kappa shape index (κ3) is 2.27. The second kappa shape index (κ2) is 5.21. The smallest absolute Gasteiger partial charge is 0.344 e. The lowest BCUT2D eigenvalue weighted by atomic mass is 9.73. The number of ether oxygens (including phenoxy) is 2. The molecule has 2 aliphatic rings. The van der Waals surface area contributed by atoms with Crippen molar-refractivity contribution in [2.45, 2.75) is 63.4 Å². The summed E-state index contributed by atoms with van der Waals surface area (Å²) in [5, 5.41) is 12.1. The van der Waals surface area contributed by atoms with Gasteiger partial charge < -0.3 is 19.0 Å². The Balaban J connectivity index is 2.04. The summed E-state index contributed by atoms with van der Waals surface area (Å²) < 4.78 is 17.4. The average molecular weight is 356 g/mol. The Labute approximate surface area is 152 Å². The fourth-order valence-corrected chi connectivity index (χ4v) is 4.23. The summed E-state index contributed by atoms with van der Waals surface area (Å²) in [7, 11) is 0. The molecule has 2 aliphatic heterocycles. The highest BCUT2D eigenvalue weighted by Gasteiger charge is 2.65. The van der Waals surface area contributed by atoms with Crippen LogP contribution in [0.25, 0.3) is 11.0 Å². The van der Waals surface area contributed by atoms with Crippen LogP contribution in [0.1, 0.15) is 45.2 Å². The second-order valence-corrected chi connectivity index (χ2v) is 8.08. The summed E-state index contributed by atoms with van der Waals surface area (Å²) in [4.78, 5) is 12.8. The molecule has 0 saturated carbocycles. The predicted octanol–water partition coefficient (Wildman–Crippen LogP) is 3.45. The number of hydrogen-bond donors (Lipinski definition) is 1. The molecule has 0 radical (unpaired) electrons. The number of aliphatic hydroxyl groups is 1. The molecular formula is C21H24O5. The van der Waals surface area contributed by atoms with Crippen molar-refractivity contribution in [1.29, 1.82) is 0 Å². The SMILES string of the molecule is C=C[C@@]1(C)C[C@@](O)([C@H]2OC2(C)C)Oc2c1c(=O)oc1cccc(CC)c21. The zero-order valence-electron chi connectivity index (χ0n) is 15.6. The summed E-state index contributed by atoms with van der Waals surface area (Å²) in [6, 6.07) is 5.57. The molecule has 0 unspecified atom stereocenters. The van der Waals surface area contributed by atoms with Gasteiger partial charge in [0.25, 0.3) is 0 Å². The van der Waals surface area contributed by atoms with Crippen molar-refractivity contribution in [2.75, 3.05) is 0 Å². The normalized spacial score (nSPS) is 32.0. The fourth-order valence-electron chi connectivity index (χ4n) is 4.23. The summed E-state index contributed by atoms with van der Waals surface area (Å²) in [5.74, 6) is -1.16. The maximum Gasteiger partial charge on any atom is 0.344 e. The lowest BCUT2D eigenvalue weighted by molar-refractivity contribution is -0.175. The van der Waals surface area contributed by atoms with Gasteiger partial charge in [0.15, 0.2) is 6.10 Å². The molecule has 26 heavy (non-hydrogen) atoms. The Morgan fingerprint density at radius 3 is 2.62 bits per heavy atom. The van der Waals surface area contributed by atoms with Gasteiger partial charge in [-0.3, -0.25) is 0 Å². The fraction of sp³-hybridized carbons (Fsp3) is 0.476. The summed E-state index contributed by atoms with van der Waals surface area (Å²) >= 11 is 0. The number of epoxide rings is 1. The van der Waals surface area contributed by atoms with Crippen molar-refractivity contribution in [2.24, 2.45) is 0 Å². The van der Waals surface area contributed by atoms with Crippen LogP contribution in [0.15, 0.2) is 40.1 Å². The molecule has 0 bridgehead atoms. The molecular weight excluding hydrogens is 332 g/mol. The Bertz CT molecular complexity index is 972. The molecule has 1 N–H and O–H groups in total. The van der Waals surface area contributed by atoms with Crippen LogP contribution in [0, 0.1) is 0 Å². The largest absolute Gasteiger partial charge is 0.458 e. The first-order valence-corrected chi connectivity index (χ1v) is 8.97. The third-order valence-corrected chi connectivity index (χ3v) is 5.68. The van der Waals surface area contributed by atoms with E-state index in [9.17, 15) is 9.90 Å². The molecule has 3 atom stereocenters. The first-order valence-electron chi connectivity index (χ1n) is 8.97. The second-order valence-electron chi connectivity index (χ2n) is 8.08. The van der Waals surface area contributed by atoms with Crippen LogP contribution in [0.4, 0.5) is 0 Å². The Morgan fingerprint density at radius 2 is 2.04 bits per heavy atom. The van der Waals surface area contributed by atoms with Gasteiger partial charge in [0.2, 0.25) is 5.79 Å². The molecule has 4 rings (SSSR count). The highest BCUT2D eigenvalue weighted by Crippen LogP contribution is 2.53. The summed E-state index contributed by atoms with van der Waals surface area (Å²) in [5.41, 5.74) is 0.135. The first-order chi connectivity index (χ1) is 12.1. The molecule has 0 amide bonds. The molecule has 0 spiro atoms. The Kier molecular flexibility index (Phi) is 3.47. The van der Waals surface area contributed by atoms with E-state index in [1.807, 2.05) is 39.8 Å². The van der Waals surface area contributed by atoms with Crippen LogP contribution in [-0.2, 0) is 16.6 Å². The van der Waals surface area contributed by atoms with Crippen LogP contribution in [0.5, 0.6) is 5.75 Å². The highest BCUT2D eigenvalue weighted by atomic mass is 16.7. The minimum atomic E-state index is -1.54. The molecule has 1 fully saturated rings. The number of rotatable bonds is 3. The van der Waals surface area contributed by atoms with Crippen LogP contribution in [-0.4, -0.2) is 22.6 Å². The van der Waals surface area contributed by atoms with Gasteiger partial charge in [-0.2, -0.15) is 0 Å². The molecule has 1 aromatic carbocycles. The lowest BCUT2D eigenvalue weighted by Gasteiger charge is -2.42. The molecule has 1 aromatic heterocycles. The zero-order valence-corrected chi connectivity index (χ0v) is 15.6. The van der Waals surface area contributed by atoms with E-state index in [0.29, 0.717) is 16.9 Å². The molecule has 5 nitrogen and oxygen atoms in total. The number of fused-ring (bicyclic) bond motifs is 3. The molecule has 2 aromatic rings. The molecule has 0 aliphatic carbocycles. The van der Waals surface area contributed by atoms with Crippen LogP contribution in [0.2, 0.25) is 0 Å². The van der Waals surface area contributed by atoms with E-state index in [-0.39, 0.29) is 6.42 Å². The minimum absolute atomic E-state index is 0.176. The third-order valence-electron chi connectivity index (χ3n) is 5.68. The van der Waals surface area contributed by atoms with Crippen molar-refractivity contribution in [1.82, 2.24) is 0 Å². The van der Waals surface area contributed by atoms with Crippen LogP contribution < -0.4 is 10.4 Å². The molecule has 5 heteroatoms. The van der Waals surface area contributed by atoms with E-state index in [4.69, 9.17) is 13.9 Å². The van der Waals surface area contributed by atoms with Gasteiger partial charge in [0, 0.05) is 11.8 Å². The Hall–Kier alpha value is -2.11. The average Bonchev–Trinajstić information content (AvgIpc) is 3.23. The van der Waals surface area contributed by atoms with Gasteiger partial charge in [-0.25, -0.2) is 4.79 Å². The number of aryl methyl sites for hydroxylation is 1. The maximum absolute atomic E-state index is 12.8. The standard InChI is InChI=1S/C21H24O5/c1-6-12-9-8-10-13-14(12)16-15(17(22)24-13)20(5,7-2)11-21(23,25-16)18-19(3,4)26-18/h7-10,18,23H,2,6,11H2,1,3-5H3/t18-,20-,21-/m0/s1. The van der Waals surface area contributed by atoms with E-state index in [1.54, 1.807) is 12.1 Å². The lowest BCUT2D eigenvalue weighted by Crippen LogP contribution is -2.53. The van der Waals surface area contributed by atoms with Gasteiger partial charge in [0.1, 0.15) is 11.3 Å². The number of allylic oxidation sites excluding steroid dienone is 1. The van der Waals surface area contributed by atoms with E-state index in [0.717, 1.165) is 17.4 Å². The van der Waals surface area contributed by atoms with Crippen molar-refractivity contribution in [3.05, 3.63) is 52.4 Å². The van der Waals surface area contributed by atoms with Gasteiger partial charge in [-0.1, -0.05) is 32.1 Å². The zero-order chi connectivity index (χ0) is 18.9. The van der Waals surface area contributed by atoms with Crippen LogP contribution in [0.3, 0.4) is 0 Å². The van der Waals surface area contributed by atoms with Gasteiger partial charge in [-0.15, -0.1) is 6.58 Å². The van der Waals surface area contributed by atoms with Gasteiger partial charge in [0.05, 0.1) is 16.6 Å². The van der Waals surface area contributed by atoms with Crippen LogP contribution >= 0.6 is 0 Å². The van der Waals surface area contributed by atoms with E-state index in [1.165, 1.54) is 0 Å². The monoisotopic (exact) mass is 356 g/mol. The molecule has 138 valence electrons. The maximum atomic E-state index is 12.8.